The average molecular weight is 371 g/mol. The van der Waals surface area contributed by atoms with E-state index in [2.05, 4.69) is 22.4 Å². The molecule has 8 heteroatoms. The molecular formula is C19H25N5O3. The van der Waals surface area contributed by atoms with Gasteiger partial charge in [0, 0.05) is 14.0 Å². The predicted molar refractivity (Wildman–Crippen MR) is 98.2 cm³/mol. The maximum atomic E-state index is 12.3. The van der Waals surface area contributed by atoms with E-state index >= 15 is 0 Å². The number of carbonyl (C=O) groups excluding carboxylic acids is 2. The summed E-state index contributed by atoms with van der Waals surface area (Å²) in [4.78, 5) is 26.2. The quantitative estimate of drug-likeness (QED) is 0.766. The Morgan fingerprint density at radius 2 is 1.93 bits per heavy atom. The van der Waals surface area contributed by atoms with Crippen molar-refractivity contribution in [3.63, 3.8) is 0 Å². The van der Waals surface area contributed by atoms with Gasteiger partial charge in [0.2, 0.25) is 5.91 Å². The number of carbonyl (C=O) groups is 2. The van der Waals surface area contributed by atoms with E-state index in [0.29, 0.717) is 23.0 Å². The molecule has 1 aliphatic rings. The second kappa shape index (κ2) is 7.46. The number of ether oxygens (including phenoxy) is 1. The Hall–Kier alpha value is -2.77. The van der Waals surface area contributed by atoms with Crippen LogP contribution in [0.25, 0.3) is 5.69 Å². The highest BCUT2D eigenvalue weighted by Crippen LogP contribution is 2.43. The number of nitrogens with zero attached hydrogens (tertiary/aromatic N) is 5. The van der Waals surface area contributed by atoms with Crippen LogP contribution in [0.2, 0.25) is 0 Å². The topological polar surface area (TPSA) is 90.2 Å². The van der Waals surface area contributed by atoms with Crippen LogP contribution < -0.4 is 0 Å². The number of tetrazole rings is 1. The van der Waals surface area contributed by atoms with Gasteiger partial charge in [0.1, 0.15) is 5.54 Å². The van der Waals surface area contributed by atoms with Crippen LogP contribution in [0.4, 0.5) is 0 Å². The molecule has 0 aliphatic heterocycles. The van der Waals surface area contributed by atoms with Crippen LogP contribution in [0.1, 0.15) is 55.7 Å². The molecule has 1 amide bonds. The van der Waals surface area contributed by atoms with Crippen molar-refractivity contribution in [1.29, 1.82) is 0 Å². The molecule has 3 rings (SSSR count). The molecule has 0 radical (unpaired) electrons. The van der Waals surface area contributed by atoms with Crippen molar-refractivity contribution in [2.45, 2.75) is 45.1 Å². The lowest BCUT2D eigenvalue weighted by Gasteiger charge is -2.44. The highest BCUT2D eigenvalue weighted by atomic mass is 16.5. The molecule has 0 spiro atoms. The van der Waals surface area contributed by atoms with E-state index < -0.39 is 11.5 Å². The number of benzene rings is 1. The van der Waals surface area contributed by atoms with E-state index in [-0.39, 0.29) is 5.91 Å². The molecule has 27 heavy (non-hydrogen) atoms. The minimum absolute atomic E-state index is 0.0413. The van der Waals surface area contributed by atoms with Gasteiger partial charge >= 0.3 is 5.97 Å². The van der Waals surface area contributed by atoms with Crippen LogP contribution in [-0.2, 0) is 15.1 Å². The molecule has 1 saturated carbocycles. The Morgan fingerprint density at radius 3 is 2.56 bits per heavy atom. The first-order valence-corrected chi connectivity index (χ1v) is 9.11. The predicted octanol–water partition coefficient (Wildman–Crippen LogP) is 2.33. The fourth-order valence-electron chi connectivity index (χ4n) is 3.83. The van der Waals surface area contributed by atoms with Gasteiger partial charge in [-0.3, -0.25) is 4.79 Å². The SMILES string of the molecule is COC(=O)c1ccccc1-n1nnnc1C1(N(C)C(C)=O)CCC(C)CC1. The molecule has 1 aromatic carbocycles. The van der Waals surface area contributed by atoms with Gasteiger partial charge in [-0.15, -0.1) is 5.10 Å². The van der Waals surface area contributed by atoms with Crippen LogP contribution in [0.3, 0.4) is 0 Å². The Balaban J connectivity index is 2.15. The summed E-state index contributed by atoms with van der Waals surface area (Å²) in [5, 5.41) is 12.3. The van der Waals surface area contributed by atoms with Gasteiger partial charge in [0.15, 0.2) is 5.82 Å². The Labute approximate surface area is 158 Å². The third-order valence-corrected chi connectivity index (χ3v) is 5.64. The lowest BCUT2D eigenvalue weighted by molar-refractivity contribution is -0.136. The van der Waals surface area contributed by atoms with E-state index in [0.717, 1.165) is 25.7 Å². The second-order valence-corrected chi connectivity index (χ2v) is 7.22. The zero-order valence-electron chi connectivity index (χ0n) is 16.2. The Bertz CT molecular complexity index is 839. The van der Waals surface area contributed by atoms with Crippen LogP contribution >= 0.6 is 0 Å². The zero-order valence-corrected chi connectivity index (χ0v) is 16.2. The number of esters is 1. The Morgan fingerprint density at radius 1 is 1.26 bits per heavy atom. The zero-order chi connectivity index (χ0) is 19.6. The monoisotopic (exact) mass is 371 g/mol. The molecule has 8 nitrogen and oxygen atoms in total. The molecule has 1 heterocycles. The highest BCUT2D eigenvalue weighted by Gasteiger charge is 2.45. The first kappa shape index (κ1) is 19.0. The van der Waals surface area contributed by atoms with Gasteiger partial charge in [-0.05, 0) is 54.2 Å². The third-order valence-electron chi connectivity index (χ3n) is 5.64. The fourth-order valence-corrected chi connectivity index (χ4v) is 3.83. The number of hydrogen-bond acceptors (Lipinski definition) is 6. The maximum absolute atomic E-state index is 12.3. The second-order valence-electron chi connectivity index (χ2n) is 7.22. The number of rotatable bonds is 4. The first-order valence-electron chi connectivity index (χ1n) is 9.11. The Kier molecular flexibility index (Phi) is 5.25. The van der Waals surface area contributed by atoms with Crippen LogP contribution in [-0.4, -0.2) is 51.1 Å². The van der Waals surface area contributed by atoms with E-state index in [1.807, 2.05) is 6.07 Å². The third kappa shape index (κ3) is 3.31. The van der Waals surface area contributed by atoms with Crippen molar-refractivity contribution in [1.82, 2.24) is 25.1 Å². The van der Waals surface area contributed by atoms with Gasteiger partial charge in [-0.1, -0.05) is 19.1 Å². The maximum Gasteiger partial charge on any atom is 0.340 e. The van der Waals surface area contributed by atoms with Gasteiger partial charge in [-0.2, -0.15) is 4.68 Å². The standard InChI is InChI=1S/C19H25N5O3/c1-13-9-11-19(12-10-13,23(3)14(2)25)18-20-21-22-24(18)16-8-6-5-7-15(16)17(26)27-4/h5-8,13H,9-12H2,1-4H3. The van der Waals surface area contributed by atoms with Crippen LogP contribution in [0.5, 0.6) is 0 Å². The van der Waals surface area contributed by atoms with Crippen molar-refractivity contribution in [3.8, 4) is 5.69 Å². The number of para-hydroxylation sites is 1. The van der Waals surface area contributed by atoms with Crippen molar-refractivity contribution in [3.05, 3.63) is 35.7 Å². The van der Waals surface area contributed by atoms with Crippen LogP contribution in [0, 0.1) is 5.92 Å². The van der Waals surface area contributed by atoms with Gasteiger partial charge in [-0.25, -0.2) is 4.79 Å². The van der Waals surface area contributed by atoms with Crippen molar-refractivity contribution >= 4 is 11.9 Å². The van der Waals surface area contributed by atoms with Crippen molar-refractivity contribution < 1.29 is 14.3 Å². The van der Waals surface area contributed by atoms with E-state index in [1.54, 1.807) is 41.8 Å². The van der Waals surface area contributed by atoms with Gasteiger partial charge < -0.3 is 9.64 Å². The van der Waals surface area contributed by atoms with Gasteiger partial charge in [0.25, 0.3) is 0 Å². The molecule has 2 aromatic rings. The normalized spacial score (nSPS) is 22.3. The minimum atomic E-state index is -0.606. The summed E-state index contributed by atoms with van der Waals surface area (Å²) < 4.78 is 6.47. The summed E-state index contributed by atoms with van der Waals surface area (Å²) in [6.45, 7) is 3.77. The van der Waals surface area contributed by atoms with E-state index in [9.17, 15) is 9.59 Å². The number of aromatic nitrogens is 4. The highest BCUT2D eigenvalue weighted by molar-refractivity contribution is 5.93. The van der Waals surface area contributed by atoms with Crippen molar-refractivity contribution in [2.24, 2.45) is 5.92 Å². The molecular weight excluding hydrogens is 346 g/mol. The van der Waals surface area contributed by atoms with Crippen LogP contribution in [0.15, 0.2) is 24.3 Å². The molecule has 0 unspecified atom stereocenters. The summed E-state index contributed by atoms with van der Waals surface area (Å²) in [5.74, 6) is 0.660. The lowest BCUT2D eigenvalue weighted by Crippen LogP contribution is -2.50. The molecule has 0 N–H and O–H groups in total. The molecule has 0 saturated heterocycles. The summed E-state index contributed by atoms with van der Waals surface area (Å²) >= 11 is 0. The van der Waals surface area contributed by atoms with E-state index in [1.165, 1.54) is 7.11 Å². The molecule has 1 aromatic heterocycles. The first-order chi connectivity index (χ1) is 12.9. The number of amides is 1. The molecule has 0 bridgehead atoms. The summed E-state index contributed by atoms with van der Waals surface area (Å²) in [6.07, 6.45) is 3.49. The molecule has 1 aliphatic carbocycles. The van der Waals surface area contributed by atoms with Gasteiger partial charge in [0.05, 0.1) is 18.4 Å². The smallest absolute Gasteiger partial charge is 0.340 e. The van der Waals surface area contributed by atoms with E-state index in [4.69, 9.17) is 4.74 Å². The number of hydrogen-bond donors (Lipinski definition) is 0. The molecule has 0 atom stereocenters. The van der Waals surface area contributed by atoms with Crippen molar-refractivity contribution in [2.75, 3.05) is 14.2 Å². The largest absolute Gasteiger partial charge is 0.465 e. The summed E-state index contributed by atoms with van der Waals surface area (Å²) in [7, 11) is 3.14. The lowest BCUT2D eigenvalue weighted by atomic mass is 9.75. The summed E-state index contributed by atoms with van der Waals surface area (Å²) in [5.41, 5.74) is 0.308. The number of methoxy groups -OCH3 is 1. The average Bonchev–Trinajstić information content (AvgIpc) is 3.18. The molecule has 144 valence electrons. The fraction of sp³-hybridized carbons (Fsp3) is 0.526. The molecule has 1 fully saturated rings. The minimum Gasteiger partial charge on any atom is -0.465 e. The summed E-state index contributed by atoms with van der Waals surface area (Å²) in [6, 6.07) is 7.03.